The van der Waals surface area contributed by atoms with E-state index in [-0.39, 0.29) is 42.5 Å². The molecule has 0 rings (SSSR count). The molecule has 0 aromatic carbocycles. The van der Waals surface area contributed by atoms with Crippen LogP contribution in [-0.4, -0.2) is 77.6 Å². The molecule has 0 N–H and O–H groups in total. The molecular weight excluding hydrogens is 520 g/mol. The first-order valence-electron chi connectivity index (χ1n) is 13.6. The molecule has 39 heavy (non-hydrogen) atoms. The molecule has 0 bridgehead atoms. The van der Waals surface area contributed by atoms with Gasteiger partial charge in [0.15, 0.2) is 8.32 Å². The van der Waals surface area contributed by atoms with E-state index in [0.29, 0.717) is 26.1 Å². The van der Waals surface area contributed by atoms with E-state index in [1.165, 1.54) is 0 Å². The zero-order valence-corrected chi connectivity index (χ0v) is 26.6. The Hall–Kier alpha value is -1.85. The predicted molar refractivity (Wildman–Crippen MR) is 154 cm³/mol. The fourth-order valence-electron chi connectivity index (χ4n) is 3.47. The van der Waals surface area contributed by atoms with Crippen LogP contribution in [0.5, 0.6) is 0 Å². The van der Waals surface area contributed by atoms with Gasteiger partial charge in [0.05, 0.1) is 31.8 Å². The van der Waals surface area contributed by atoms with Crippen LogP contribution in [0.1, 0.15) is 67.2 Å². The summed E-state index contributed by atoms with van der Waals surface area (Å²) in [4.78, 5) is 36.9. The van der Waals surface area contributed by atoms with Crippen molar-refractivity contribution in [1.82, 2.24) is 0 Å². The number of ketones is 1. The van der Waals surface area contributed by atoms with E-state index in [2.05, 4.69) is 47.0 Å². The van der Waals surface area contributed by atoms with Gasteiger partial charge in [-0.25, -0.2) is 4.79 Å². The van der Waals surface area contributed by atoms with Crippen LogP contribution in [-0.2, 0) is 42.5 Å². The number of Topliss-reactive ketones (excluding diaryl/α,β-unsaturated/α-hetero) is 1. The molecule has 9 nitrogen and oxygen atoms in total. The van der Waals surface area contributed by atoms with E-state index in [1.807, 2.05) is 6.92 Å². The Kier molecular flexibility index (Phi) is 17.6. The highest BCUT2D eigenvalue weighted by molar-refractivity contribution is 6.74. The molecule has 0 aliphatic rings. The Labute approximate surface area is 236 Å². The van der Waals surface area contributed by atoms with Gasteiger partial charge in [-0.2, -0.15) is 0 Å². The van der Waals surface area contributed by atoms with Crippen LogP contribution in [0.2, 0.25) is 18.1 Å². The summed E-state index contributed by atoms with van der Waals surface area (Å²) < 4.78 is 33.4. The van der Waals surface area contributed by atoms with E-state index in [4.69, 9.17) is 28.1 Å². The molecule has 0 saturated carbocycles. The van der Waals surface area contributed by atoms with Gasteiger partial charge in [0.25, 0.3) is 0 Å². The van der Waals surface area contributed by atoms with Gasteiger partial charge in [-0.15, -0.1) is 6.58 Å². The third-order valence-electron chi connectivity index (χ3n) is 6.86. The number of carbonyl (C=O) groups is 3. The maximum absolute atomic E-state index is 12.9. The SMILES string of the molecule is C=CC(=O)O[C@H](C)CC(=O)O[C@@H](C)[C@@H](CCC(=O)C[C@@H](C)[C@@H](C=C)OCOCCOC)O[Si](C)(C)C(C)(C)C. The lowest BCUT2D eigenvalue weighted by Gasteiger charge is -2.40. The number of esters is 2. The zero-order chi connectivity index (χ0) is 30.2. The topological polar surface area (TPSA) is 107 Å². The quantitative estimate of drug-likeness (QED) is 0.0447. The molecule has 10 heteroatoms. The van der Waals surface area contributed by atoms with Crippen LogP contribution < -0.4 is 0 Å². The van der Waals surface area contributed by atoms with Gasteiger partial charge in [-0.1, -0.05) is 40.3 Å². The number of rotatable bonds is 21. The lowest BCUT2D eigenvalue weighted by molar-refractivity contribution is -0.158. The molecule has 0 radical (unpaired) electrons. The van der Waals surface area contributed by atoms with Crippen molar-refractivity contribution < 1.29 is 42.5 Å². The molecule has 0 aliphatic heterocycles. The molecule has 0 fully saturated rings. The minimum absolute atomic E-state index is 0.0607. The summed E-state index contributed by atoms with van der Waals surface area (Å²) in [5, 5.41) is -0.0687. The average molecular weight is 573 g/mol. The van der Waals surface area contributed by atoms with E-state index in [0.717, 1.165) is 6.08 Å². The van der Waals surface area contributed by atoms with Crippen LogP contribution in [0.15, 0.2) is 25.3 Å². The molecule has 0 heterocycles. The summed E-state index contributed by atoms with van der Waals surface area (Å²) in [6, 6.07) is 0. The second-order valence-electron chi connectivity index (χ2n) is 11.4. The van der Waals surface area contributed by atoms with Crippen LogP contribution in [0.4, 0.5) is 0 Å². The fourth-order valence-corrected chi connectivity index (χ4v) is 4.89. The van der Waals surface area contributed by atoms with Crippen molar-refractivity contribution >= 4 is 26.0 Å². The molecule has 0 amide bonds. The second-order valence-corrected chi connectivity index (χ2v) is 16.2. The standard InChI is InChI=1S/C29H52O9Si/c1-12-25(35-20-34-17-16-33-9)21(3)18-24(30)14-15-26(38-39(10,11)29(6,7)8)23(5)37-28(32)19-22(4)36-27(31)13-2/h12-13,21-23,25-26H,1-2,14-20H2,3-11H3/t21-,22-,23+,25-,26-/m1/s1. The zero-order valence-electron chi connectivity index (χ0n) is 25.6. The highest BCUT2D eigenvalue weighted by Crippen LogP contribution is 2.38. The average Bonchev–Trinajstić information content (AvgIpc) is 2.82. The number of methoxy groups -OCH3 is 1. The maximum Gasteiger partial charge on any atom is 0.330 e. The molecule has 5 atom stereocenters. The van der Waals surface area contributed by atoms with Crippen molar-refractivity contribution in [2.24, 2.45) is 5.92 Å². The largest absolute Gasteiger partial charge is 0.460 e. The first-order valence-corrected chi connectivity index (χ1v) is 16.5. The third-order valence-corrected chi connectivity index (χ3v) is 11.4. The molecule has 0 aromatic rings. The summed E-state index contributed by atoms with van der Waals surface area (Å²) >= 11 is 0. The van der Waals surface area contributed by atoms with E-state index in [1.54, 1.807) is 27.0 Å². The van der Waals surface area contributed by atoms with Crippen molar-refractivity contribution in [2.75, 3.05) is 27.1 Å². The van der Waals surface area contributed by atoms with E-state index < -0.39 is 38.6 Å². The Balaban J connectivity index is 5.19. The van der Waals surface area contributed by atoms with Crippen molar-refractivity contribution in [3.05, 3.63) is 25.3 Å². The van der Waals surface area contributed by atoms with Gasteiger partial charge in [-0.05, 0) is 44.3 Å². The predicted octanol–water partition coefficient (Wildman–Crippen LogP) is 5.38. The normalized spacial score (nSPS) is 15.9. The molecular formula is C29H52O9Si. The molecule has 0 aliphatic carbocycles. The monoisotopic (exact) mass is 572 g/mol. The Morgan fingerprint density at radius 1 is 0.974 bits per heavy atom. The Morgan fingerprint density at radius 3 is 2.15 bits per heavy atom. The first kappa shape index (κ1) is 37.1. The number of ether oxygens (including phenoxy) is 5. The van der Waals surface area contributed by atoms with Gasteiger partial charge in [0.2, 0.25) is 0 Å². The molecule has 0 aromatic heterocycles. The maximum atomic E-state index is 12.9. The van der Waals surface area contributed by atoms with Crippen LogP contribution in [0.25, 0.3) is 0 Å². The highest BCUT2D eigenvalue weighted by atomic mass is 28.4. The van der Waals surface area contributed by atoms with Crippen molar-refractivity contribution in [3.63, 3.8) is 0 Å². The summed E-state index contributed by atoms with van der Waals surface area (Å²) in [5.74, 6) is -1.13. The number of carbonyl (C=O) groups excluding carboxylic acids is 3. The summed E-state index contributed by atoms with van der Waals surface area (Å²) in [6.45, 7) is 24.1. The van der Waals surface area contributed by atoms with Gasteiger partial charge in [-0.3, -0.25) is 9.59 Å². The molecule has 0 saturated heterocycles. The van der Waals surface area contributed by atoms with Gasteiger partial charge in [0, 0.05) is 26.0 Å². The van der Waals surface area contributed by atoms with Crippen molar-refractivity contribution in [1.29, 1.82) is 0 Å². The van der Waals surface area contributed by atoms with Crippen LogP contribution in [0, 0.1) is 5.92 Å². The fraction of sp³-hybridized carbons (Fsp3) is 0.759. The lowest BCUT2D eigenvalue weighted by Crippen LogP contribution is -2.47. The minimum Gasteiger partial charge on any atom is -0.460 e. The molecule has 0 spiro atoms. The summed E-state index contributed by atoms with van der Waals surface area (Å²) in [7, 11) is -0.633. The highest BCUT2D eigenvalue weighted by Gasteiger charge is 2.41. The number of hydrogen-bond donors (Lipinski definition) is 0. The summed E-state index contributed by atoms with van der Waals surface area (Å²) in [6.07, 6.45) is 1.60. The van der Waals surface area contributed by atoms with E-state index >= 15 is 0 Å². The lowest BCUT2D eigenvalue weighted by atomic mass is 9.95. The van der Waals surface area contributed by atoms with Crippen LogP contribution in [0.3, 0.4) is 0 Å². The van der Waals surface area contributed by atoms with Gasteiger partial charge < -0.3 is 28.1 Å². The van der Waals surface area contributed by atoms with Crippen LogP contribution >= 0.6 is 0 Å². The Bertz CT molecular complexity index is 775. The van der Waals surface area contributed by atoms with Gasteiger partial charge in [0.1, 0.15) is 24.8 Å². The first-order chi connectivity index (χ1) is 18.1. The second kappa shape index (κ2) is 18.5. The van der Waals surface area contributed by atoms with Crippen molar-refractivity contribution in [2.45, 2.75) is 110 Å². The summed E-state index contributed by atoms with van der Waals surface area (Å²) in [5.41, 5.74) is 0. The molecule has 0 unspecified atom stereocenters. The smallest absolute Gasteiger partial charge is 0.330 e. The third kappa shape index (κ3) is 15.5. The van der Waals surface area contributed by atoms with Gasteiger partial charge >= 0.3 is 11.9 Å². The van der Waals surface area contributed by atoms with Crippen molar-refractivity contribution in [3.8, 4) is 0 Å². The number of hydrogen-bond acceptors (Lipinski definition) is 9. The molecule has 226 valence electrons. The Morgan fingerprint density at radius 2 is 1.62 bits per heavy atom. The van der Waals surface area contributed by atoms with E-state index in [9.17, 15) is 14.4 Å². The minimum atomic E-state index is -2.23.